The number of aromatic amines is 1. The Labute approximate surface area is 161 Å². The highest BCUT2D eigenvalue weighted by Crippen LogP contribution is 2.25. The minimum absolute atomic E-state index is 0.157. The van der Waals surface area contributed by atoms with Crippen LogP contribution in [-0.4, -0.2) is 39.0 Å². The van der Waals surface area contributed by atoms with Crippen LogP contribution < -0.4 is 10.3 Å². The van der Waals surface area contributed by atoms with Crippen LogP contribution in [0.15, 0.2) is 53.6 Å². The molecule has 146 valence electrons. The summed E-state index contributed by atoms with van der Waals surface area (Å²) < 4.78 is 32.1. The molecule has 0 amide bonds. The number of nitrogens with one attached hydrogen (secondary N) is 2. The number of hydrogen-bond acceptors (Lipinski definition) is 4. The van der Waals surface area contributed by atoms with E-state index in [1.54, 1.807) is 18.3 Å². The summed E-state index contributed by atoms with van der Waals surface area (Å²) in [5.41, 5.74) is 1.21. The molecule has 0 spiro atoms. The number of sulfonamides is 1. The highest BCUT2D eigenvalue weighted by molar-refractivity contribution is 7.89. The zero-order chi connectivity index (χ0) is 19.3. The van der Waals surface area contributed by atoms with Gasteiger partial charge in [0, 0.05) is 19.2 Å². The molecule has 0 aliphatic carbocycles. The van der Waals surface area contributed by atoms with Crippen molar-refractivity contribution in [3.8, 4) is 0 Å². The second-order valence-corrected chi connectivity index (χ2v) is 9.13. The van der Waals surface area contributed by atoms with Crippen LogP contribution in [0, 0.1) is 5.92 Å². The zero-order valence-electron chi connectivity index (χ0n) is 15.9. The van der Waals surface area contributed by atoms with E-state index in [0.717, 1.165) is 12.2 Å². The Balaban J connectivity index is 1.75. The van der Waals surface area contributed by atoms with Gasteiger partial charge in [0.05, 0.1) is 13.2 Å². The molecule has 0 radical (unpaired) electrons. The number of H-pyrrole nitrogens is 1. The van der Waals surface area contributed by atoms with Crippen molar-refractivity contribution in [1.82, 2.24) is 4.31 Å². The molecule has 27 heavy (non-hydrogen) atoms. The van der Waals surface area contributed by atoms with E-state index in [1.807, 2.05) is 18.2 Å². The molecule has 1 aromatic carbocycles. The van der Waals surface area contributed by atoms with Crippen LogP contribution in [0.25, 0.3) is 0 Å². The molecule has 0 unspecified atom stereocenters. The quantitative estimate of drug-likeness (QED) is 0.789. The zero-order valence-corrected chi connectivity index (χ0v) is 16.7. The molecular weight excluding hydrogens is 362 g/mol. The Bertz CT molecular complexity index is 817. The van der Waals surface area contributed by atoms with Gasteiger partial charge in [0.1, 0.15) is 17.1 Å². The van der Waals surface area contributed by atoms with Gasteiger partial charge in [0.25, 0.3) is 5.82 Å². The first-order chi connectivity index (χ1) is 13.0. The van der Waals surface area contributed by atoms with Gasteiger partial charge in [-0.15, -0.1) is 0 Å². The van der Waals surface area contributed by atoms with E-state index in [4.69, 9.17) is 4.74 Å². The maximum atomic E-state index is 12.7. The van der Waals surface area contributed by atoms with Gasteiger partial charge in [-0.3, -0.25) is 5.32 Å². The van der Waals surface area contributed by atoms with Crippen molar-refractivity contribution in [3.63, 3.8) is 0 Å². The van der Waals surface area contributed by atoms with E-state index in [9.17, 15) is 8.42 Å². The third-order valence-corrected chi connectivity index (χ3v) is 6.53. The van der Waals surface area contributed by atoms with E-state index in [0.29, 0.717) is 32.2 Å². The van der Waals surface area contributed by atoms with Crippen molar-refractivity contribution >= 4 is 15.8 Å². The molecule has 1 aliphatic heterocycles. The van der Waals surface area contributed by atoms with Crippen LogP contribution in [0.2, 0.25) is 0 Å². The molecule has 0 saturated carbocycles. The molecule has 2 aromatic rings. The molecule has 7 heteroatoms. The first kappa shape index (κ1) is 19.8. The van der Waals surface area contributed by atoms with Gasteiger partial charge >= 0.3 is 0 Å². The number of rotatable bonds is 7. The Hall–Kier alpha value is -1.96. The molecule has 6 nitrogen and oxygen atoms in total. The lowest BCUT2D eigenvalue weighted by Crippen LogP contribution is -2.40. The SMILES string of the molecule is CC(C)C[C@H](Nc1ccc(S(=O)(=O)N2CCOCC2)c[nH+]1)c1ccccc1. The summed E-state index contributed by atoms with van der Waals surface area (Å²) in [6.07, 6.45) is 2.54. The Morgan fingerprint density at radius 1 is 1.11 bits per heavy atom. The lowest BCUT2D eigenvalue weighted by molar-refractivity contribution is -0.364. The molecule has 3 rings (SSSR count). The topological polar surface area (TPSA) is 72.8 Å². The highest BCUT2D eigenvalue weighted by Gasteiger charge is 2.27. The number of anilines is 1. The molecular formula is C20H28N3O3S+. The maximum Gasteiger partial charge on any atom is 0.272 e. The third kappa shape index (κ3) is 5.06. The normalized spacial score (nSPS) is 17.0. The summed E-state index contributed by atoms with van der Waals surface area (Å²) >= 11 is 0. The van der Waals surface area contributed by atoms with Crippen molar-refractivity contribution < 1.29 is 18.1 Å². The lowest BCUT2D eigenvalue weighted by atomic mass is 9.97. The highest BCUT2D eigenvalue weighted by atomic mass is 32.2. The number of morpholine rings is 1. The van der Waals surface area contributed by atoms with Crippen molar-refractivity contribution in [2.24, 2.45) is 5.92 Å². The summed E-state index contributed by atoms with van der Waals surface area (Å²) in [4.78, 5) is 3.38. The van der Waals surface area contributed by atoms with E-state index in [-0.39, 0.29) is 10.9 Å². The number of benzene rings is 1. The fraction of sp³-hybridized carbons (Fsp3) is 0.450. The van der Waals surface area contributed by atoms with Crippen LogP contribution in [-0.2, 0) is 14.8 Å². The standard InChI is InChI=1S/C20H27N3O3S/c1-16(2)14-19(17-6-4-3-5-7-17)22-20-9-8-18(15-21-20)27(24,25)23-10-12-26-13-11-23/h3-9,15-16,19H,10-14H2,1-2H3,(H,21,22)/p+1/t19-/m0/s1. The fourth-order valence-electron chi connectivity index (χ4n) is 3.22. The van der Waals surface area contributed by atoms with Gasteiger partial charge in [-0.25, -0.2) is 13.4 Å². The second kappa shape index (κ2) is 8.82. The second-order valence-electron chi connectivity index (χ2n) is 7.19. The largest absolute Gasteiger partial charge is 0.379 e. The van der Waals surface area contributed by atoms with Gasteiger partial charge in [-0.2, -0.15) is 4.31 Å². The Kier molecular flexibility index (Phi) is 6.46. The lowest BCUT2D eigenvalue weighted by Gasteiger charge is -2.25. The van der Waals surface area contributed by atoms with Gasteiger partial charge in [0.2, 0.25) is 10.0 Å². The van der Waals surface area contributed by atoms with Crippen molar-refractivity contribution in [2.75, 3.05) is 31.6 Å². The van der Waals surface area contributed by atoms with Gasteiger partial charge in [0.15, 0.2) is 0 Å². The summed E-state index contributed by atoms with van der Waals surface area (Å²) in [6.45, 7) is 6.06. The third-order valence-electron chi connectivity index (χ3n) is 4.63. The Morgan fingerprint density at radius 2 is 1.81 bits per heavy atom. The fourth-order valence-corrected chi connectivity index (χ4v) is 4.60. The minimum atomic E-state index is -3.48. The van der Waals surface area contributed by atoms with Crippen molar-refractivity contribution in [2.45, 2.75) is 31.2 Å². The van der Waals surface area contributed by atoms with Gasteiger partial charge < -0.3 is 4.74 Å². The maximum absolute atomic E-state index is 12.7. The summed E-state index contributed by atoms with van der Waals surface area (Å²) in [5.74, 6) is 1.33. The van der Waals surface area contributed by atoms with E-state index in [1.165, 1.54) is 9.87 Å². The number of hydrogen-bond donors (Lipinski definition) is 1. The van der Waals surface area contributed by atoms with E-state index >= 15 is 0 Å². The molecule has 2 N–H and O–H groups in total. The van der Waals surface area contributed by atoms with Crippen LogP contribution in [0.5, 0.6) is 0 Å². The van der Waals surface area contributed by atoms with Gasteiger partial charge in [-0.05, 0) is 24.0 Å². The van der Waals surface area contributed by atoms with Crippen LogP contribution in [0.3, 0.4) is 0 Å². The van der Waals surface area contributed by atoms with Crippen LogP contribution in [0.4, 0.5) is 5.82 Å². The average Bonchev–Trinajstić information content (AvgIpc) is 2.69. The summed E-state index contributed by atoms with van der Waals surface area (Å²) in [6, 6.07) is 13.9. The summed E-state index contributed by atoms with van der Waals surface area (Å²) in [5, 5.41) is 3.50. The van der Waals surface area contributed by atoms with Gasteiger partial charge in [-0.1, -0.05) is 44.2 Å². The number of ether oxygens (including phenoxy) is 1. The van der Waals surface area contributed by atoms with E-state index in [2.05, 4.69) is 36.3 Å². The van der Waals surface area contributed by atoms with Crippen molar-refractivity contribution in [3.05, 3.63) is 54.2 Å². The minimum Gasteiger partial charge on any atom is -0.379 e. The van der Waals surface area contributed by atoms with Crippen LogP contribution >= 0.6 is 0 Å². The number of aromatic nitrogens is 1. The monoisotopic (exact) mass is 390 g/mol. The Morgan fingerprint density at radius 3 is 2.41 bits per heavy atom. The molecule has 0 bridgehead atoms. The molecule has 1 fully saturated rings. The average molecular weight is 391 g/mol. The number of pyridine rings is 1. The molecule has 1 saturated heterocycles. The molecule has 2 heterocycles. The smallest absolute Gasteiger partial charge is 0.272 e. The first-order valence-electron chi connectivity index (χ1n) is 9.38. The van der Waals surface area contributed by atoms with Crippen LogP contribution in [0.1, 0.15) is 31.9 Å². The first-order valence-corrected chi connectivity index (χ1v) is 10.8. The molecule has 1 aliphatic rings. The predicted octanol–water partition coefficient (Wildman–Crippen LogP) is 2.72. The van der Waals surface area contributed by atoms with E-state index < -0.39 is 10.0 Å². The van der Waals surface area contributed by atoms with Crippen molar-refractivity contribution in [1.29, 1.82) is 0 Å². The predicted molar refractivity (Wildman–Crippen MR) is 105 cm³/mol. The number of nitrogens with zero attached hydrogens (tertiary/aromatic N) is 1. The molecule has 1 atom stereocenters. The summed E-state index contributed by atoms with van der Waals surface area (Å²) in [7, 11) is -3.48. The molecule has 1 aromatic heterocycles.